The van der Waals surface area contributed by atoms with Gasteiger partial charge in [-0.2, -0.15) is 0 Å². The fourth-order valence-corrected chi connectivity index (χ4v) is 1.72. The highest BCUT2D eigenvalue weighted by Crippen LogP contribution is 2.20. The fraction of sp³-hybridized carbons (Fsp3) is 0.429. The van der Waals surface area contributed by atoms with Crippen LogP contribution in [0, 0.1) is 0 Å². The lowest BCUT2D eigenvalue weighted by atomic mass is 9.98. The van der Waals surface area contributed by atoms with Crippen LogP contribution in [0.3, 0.4) is 0 Å². The Hall–Kier alpha value is -1.92. The standard InChI is InChI=1S/C14H20N2O4/c1-10(8-14(18)19)11-2-4-12(5-3-11)16-13(17)9-20-7-6-15/h2-5,10H,6-9,15H2,1H3,(H,16,17)(H,18,19). The van der Waals surface area contributed by atoms with E-state index >= 15 is 0 Å². The fourth-order valence-electron chi connectivity index (χ4n) is 1.72. The van der Waals surface area contributed by atoms with E-state index in [0.717, 1.165) is 5.56 Å². The van der Waals surface area contributed by atoms with Crippen molar-refractivity contribution >= 4 is 17.6 Å². The molecule has 0 fully saturated rings. The Morgan fingerprint density at radius 3 is 2.55 bits per heavy atom. The summed E-state index contributed by atoms with van der Waals surface area (Å²) in [5.41, 5.74) is 6.82. The van der Waals surface area contributed by atoms with E-state index in [4.69, 9.17) is 15.6 Å². The predicted molar refractivity (Wildman–Crippen MR) is 75.6 cm³/mol. The lowest BCUT2D eigenvalue weighted by Crippen LogP contribution is -2.20. The van der Waals surface area contributed by atoms with Gasteiger partial charge in [0.05, 0.1) is 13.0 Å². The largest absolute Gasteiger partial charge is 0.481 e. The number of rotatable bonds is 8. The summed E-state index contributed by atoms with van der Waals surface area (Å²) >= 11 is 0. The smallest absolute Gasteiger partial charge is 0.303 e. The Morgan fingerprint density at radius 2 is 2.00 bits per heavy atom. The number of hydrogen-bond acceptors (Lipinski definition) is 4. The number of hydrogen-bond donors (Lipinski definition) is 3. The number of anilines is 1. The van der Waals surface area contributed by atoms with Crippen molar-refractivity contribution in [3.05, 3.63) is 29.8 Å². The number of benzene rings is 1. The van der Waals surface area contributed by atoms with Crippen LogP contribution in [-0.4, -0.2) is 36.7 Å². The van der Waals surface area contributed by atoms with Crippen molar-refractivity contribution in [3.8, 4) is 0 Å². The van der Waals surface area contributed by atoms with Gasteiger partial charge in [0, 0.05) is 12.2 Å². The minimum atomic E-state index is -0.827. The van der Waals surface area contributed by atoms with Crippen LogP contribution in [0.25, 0.3) is 0 Å². The molecule has 0 radical (unpaired) electrons. The number of carbonyl (C=O) groups excluding carboxylic acids is 1. The first-order chi connectivity index (χ1) is 9.52. The maximum Gasteiger partial charge on any atom is 0.303 e. The highest BCUT2D eigenvalue weighted by molar-refractivity contribution is 5.91. The van der Waals surface area contributed by atoms with Gasteiger partial charge in [-0.15, -0.1) is 0 Å². The second-order valence-corrected chi connectivity index (χ2v) is 4.51. The van der Waals surface area contributed by atoms with E-state index in [2.05, 4.69) is 5.32 Å². The Kier molecular flexibility index (Phi) is 6.69. The quantitative estimate of drug-likeness (QED) is 0.621. The zero-order valence-corrected chi connectivity index (χ0v) is 11.5. The molecule has 0 aliphatic rings. The molecule has 0 aliphatic heterocycles. The van der Waals surface area contributed by atoms with Crippen LogP contribution in [0.5, 0.6) is 0 Å². The molecule has 4 N–H and O–H groups in total. The van der Waals surface area contributed by atoms with Crippen molar-refractivity contribution in [1.82, 2.24) is 0 Å². The van der Waals surface area contributed by atoms with Crippen molar-refractivity contribution < 1.29 is 19.4 Å². The molecule has 6 heteroatoms. The number of nitrogens with one attached hydrogen (secondary N) is 1. The number of nitrogens with two attached hydrogens (primary N) is 1. The summed E-state index contributed by atoms with van der Waals surface area (Å²) in [5, 5.41) is 11.4. The van der Waals surface area contributed by atoms with Crippen molar-refractivity contribution in [2.45, 2.75) is 19.3 Å². The molecule has 0 aromatic heterocycles. The molecule has 0 saturated carbocycles. The number of carbonyl (C=O) groups is 2. The predicted octanol–water partition coefficient (Wildman–Crippen LogP) is 1.18. The van der Waals surface area contributed by atoms with E-state index in [1.807, 2.05) is 19.1 Å². The minimum absolute atomic E-state index is 0.0334. The third kappa shape index (κ3) is 5.81. The Balaban J connectivity index is 2.49. The highest BCUT2D eigenvalue weighted by atomic mass is 16.5. The van der Waals surface area contributed by atoms with Gasteiger partial charge in [0.15, 0.2) is 0 Å². The van der Waals surface area contributed by atoms with Crippen molar-refractivity contribution in [1.29, 1.82) is 0 Å². The van der Waals surface area contributed by atoms with Crippen LogP contribution in [-0.2, 0) is 14.3 Å². The maximum atomic E-state index is 11.5. The molecule has 20 heavy (non-hydrogen) atoms. The van der Waals surface area contributed by atoms with E-state index in [9.17, 15) is 9.59 Å². The molecule has 0 aliphatic carbocycles. The summed E-state index contributed by atoms with van der Waals surface area (Å²) in [7, 11) is 0. The molecule has 1 aromatic rings. The van der Waals surface area contributed by atoms with Gasteiger partial charge in [0.2, 0.25) is 5.91 Å². The number of carboxylic acid groups (broad SMARTS) is 1. The SMILES string of the molecule is CC(CC(=O)O)c1ccc(NC(=O)COCCN)cc1. The summed E-state index contributed by atoms with van der Waals surface area (Å²) in [5.74, 6) is -1.14. The van der Waals surface area contributed by atoms with Crippen LogP contribution >= 0.6 is 0 Å². The summed E-state index contributed by atoms with van der Waals surface area (Å²) in [6.07, 6.45) is 0.0820. The average molecular weight is 280 g/mol. The topological polar surface area (TPSA) is 102 Å². The molecule has 1 atom stereocenters. The van der Waals surface area contributed by atoms with Gasteiger partial charge >= 0.3 is 5.97 Å². The lowest BCUT2D eigenvalue weighted by molar-refractivity contribution is -0.137. The number of carboxylic acids is 1. The molecule has 6 nitrogen and oxygen atoms in total. The van der Waals surface area contributed by atoms with E-state index < -0.39 is 5.97 Å². The molecule has 1 unspecified atom stereocenters. The minimum Gasteiger partial charge on any atom is -0.481 e. The Labute approximate surface area is 117 Å². The third-order valence-electron chi connectivity index (χ3n) is 2.74. The number of ether oxygens (including phenoxy) is 1. The van der Waals surface area contributed by atoms with E-state index in [1.165, 1.54) is 0 Å². The summed E-state index contributed by atoms with van der Waals surface area (Å²) in [4.78, 5) is 22.1. The van der Waals surface area contributed by atoms with Crippen molar-refractivity contribution in [3.63, 3.8) is 0 Å². The normalized spacial score (nSPS) is 11.9. The zero-order chi connectivity index (χ0) is 15.0. The van der Waals surface area contributed by atoms with Gasteiger partial charge in [-0.05, 0) is 23.6 Å². The highest BCUT2D eigenvalue weighted by Gasteiger charge is 2.10. The van der Waals surface area contributed by atoms with Gasteiger partial charge in [0.1, 0.15) is 6.61 Å². The van der Waals surface area contributed by atoms with E-state index in [-0.39, 0.29) is 24.9 Å². The first-order valence-electron chi connectivity index (χ1n) is 6.42. The first-order valence-corrected chi connectivity index (χ1v) is 6.42. The Morgan fingerprint density at radius 1 is 1.35 bits per heavy atom. The molecular weight excluding hydrogens is 260 g/mol. The summed E-state index contributed by atoms with van der Waals surface area (Å²) in [6.45, 7) is 2.54. The third-order valence-corrected chi connectivity index (χ3v) is 2.74. The summed E-state index contributed by atoms with van der Waals surface area (Å²) in [6, 6.07) is 7.11. The molecule has 0 saturated heterocycles. The molecule has 0 spiro atoms. The lowest BCUT2D eigenvalue weighted by Gasteiger charge is -2.10. The second kappa shape index (κ2) is 8.29. The average Bonchev–Trinajstić information content (AvgIpc) is 2.39. The molecule has 0 heterocycles. The van der Waals surface area contributed by atoms with Crippen molar-refractivity contribution in [2.75, 3.05) is 25.1 Å². The van der Waals surface area contributed by atoms with E-state index in [1.54, 1.807) is 12.1 Å². The zero-order valence-electron chi connectivity index (χ0n) is 11.5. The van der Waals surface area contributed by atoms with Crippen LogP contribution in [0.4, 0.5) is 5.69 Å². The van der Waals surface area contributed by atoms with Gasteiger partial charge < -0.3 is 20.9 Å². The summed E-state index contributed by atoms with van der Waals surface area (Å²) < 4.78 is 5.02. The van der Waals surface area contributed by atoms with Gasteiger partial charge in [-0.25, -0.2) is 0 Å². The van der Waals surface area contributed by atoms with Crippen LogP contribution in [0.15, 0.2) is 24.3 Å². The molecule has 1 rings (SSSR count). The molecule has 0 bridgehead atoms. The van der Waals surface area contributed by atoms with Crippen molar-refractivity contribution in [2.24, 2.45) is 5.73 Å². The monoisotopic (exact) mass is 280 g/mol. The number of aliphatic carboxylic acids is 1. The van der Waals surface area contributed by atoms with E-state index in [0.29, 0.717) is 18.8 Å². The maximum absolute atomic E-state index is 11.5. The van der Waals surface area contributed by atoms with Crippen LogP contribution < -0.4 is 11.1 Å². The van der Waals surface area contributed by atoms with Gasteiger partial charge in [-0.3, -0.25) is 9.59 Å². The first kappa shape index (κ1) is 16.1. The van der Waals surface area contributed by atoms with Crippen LogP contribution in [0.1, 0.15) is 24.8 Å². The van der Waals surface area contributed by atoms with Gasteiger partial charge in [-0.1, -0.05) is 19.1 Å². The molecule has 1 aromatic carbocycles. The van der Waals surface area contributed by atoms with Gasteiger partial charge in [0.25, 0.3) is 0 Å². The molecular formula is C14H20N2O4. The number of amides is 1. The molecule has 1 amide bonds. The van der Waals surface area contributed by atoms with Crippen LogP contribution in [0.2, 0.25) is 0 Å². The second-order valence-electron chi connectivity index (χ2n) is 4.51. The molecule has 110 valence electrons. The Bertz CT molecular complexity index is 445.